The third kappa shape index (κ3) is 4.34. The predicted octanol–water partition coefficient (Wildman–Crippen LogP) is 3.99. The number of cyclic esters (lactones) is 1. The SMILES string of the molecule is CC1OC(=O)c2c1nc(CC1CC1)c(C(N)=O)c2-c1ccc2c(c1)OC(F)(F)C(=O)N2Cc1ncc(Cl)cn1. The van der Waals surface area contributed by atoms with Crippen LogP contribution < -0.4 is 15.4 Å². The molecule has 2 N–H and O–H groups in total. The molecule has 1 aromatic carbocycles. The number of nitrogens with two attached hydrogens (primary N) is 1. The van der Waals surface area contributed by atoms with Crippen LogP contribution in [0.2, 0.25) is 5.02 Å². The predicted molar refractivity (Wildman–Crippen MR) is 132 cm³/mol. The number of anilines is 1. The largest absolute Gasteiger partial charge is 0.482 e. The highest BCUT2D eigenvalue weighted by molar-refractivity contribution is 6.30. The van der Waals surface area contributed by atoms with E-state index in [0.717, 1.165) is 17.7 Å². The van der Waals surface area contributed by atoms with Crippen molar-refractivity contribution in [3.63, 3.8) is 0 Å². The first-order valence-corrected chi connectivity index (χ1v) is 12.5. The Hall–Kier alpha value is -4.19. The number of pyridine rings is 1. The van der Waals surface area contributed by atoms with Crippen molar-refractivity contribution in [1.82, 2.24) is 15.0 Å². The van der Waals surface area contributed by atoms with Gasteiger partial charge in [-0.15, -0.1) is 0 Å². The van der Waals surface area contributed by atoms with Gasteiger partial charge >= 0.3 is 18.0 Å². The molecule has 1 unspecified atom stereocenters. The highest BCUT2D eigenvalue weighted by atomic mass is 35.5. The molecule has 1 saturated carbocycles. The first-order chi connectivity index (χ1) is 18.5. The lowest BCUT2D eigenvalue weighted by atomic mass is 9.90. The van der Waals surface area contributed by atoms with E-state index in [1.807, 2.05) is 0 Å². The van der Waals surface area contributed by atoms with Gasteiger partial charge in [-0.2, -0.15) is 8.78 Å². The van der Waals surface area contributed by atoms with Crippen LogP contribution in [0.25, 0.3) is 11.1 Å². The number of alkyl halides is 2. The summed E-state index contributed by atoms with van der Waals surface area (Å²) in [4.78, 5) is 51.5. The van der Waals surface area contributed by atoms with E-state index in [9.17, 15) is 23.2 Å². The van der Waals surface area contributed by atoms with E-state index in [4.69, 9.17) is 26.8 Å². The number of ether oxygens (including phenoxy) is 2. The minimum atomic E-state index is -4.20. The second-order valence-corrected chi connectivity index (χ2v) is 10.1. The summed E-state index contributed by atoms with van der Waals surface area (Å²) in [5.41, 5.74) is 6.98. The molecule has 0 radical (unpaired) electrons. The number of rotatable bonds is 6. The quantitative estimate of drug-likeness (QED) is 0.451. The standard InChI is InChI=1S/C26H20ClF2N5O5/c1-11-22-21(24(36)38-11)19(20(23(30)35)15(33-22)6-12-2-3-12)13-4-5-16-17(7-13)39-26(28,29)25(37)34(16)10-18-31-8-14(27)9-32-18/h4-5,7-9,11-12H,2-3,6,10H2,1H3,(H2,30,35). The molecule has 0 saturated heterocycles. The summed E-state index contributed by atoms with van der Waals surface area (Å²) in [6.45, 7) is 1.28. The fraction of sp³-hybridized carbons (Fsp3) is 0.308. The molecule has 2 aliphatic heterocycles. The Labute approximate surface area is 225 Å². The first-order valence-electron chi connectivity index (χ1n) is 12.1. The molecule has 2 amide bonds. The van der Waals surface area contributed by atoms with Crippen LogP contribution >= 0.6 is 11.6 Å². The minimum absolute atomic E-state index is 0.0219. The number of benzene rings is 1. The van der Waals surface area contributed by atoms with E-state index in [-0.39, 0.29) is 51.1 Å². The second kappa shape index (κ2) is 8.94. The molecule has 4 heterocycles. The normalized spacial score (nSPS) is 19.3. The van der Waals surface area contributed by atoms with Gasteiger partial charge in [-0.05, 0) is 49.8 Å². The lowest BCUT2D eigenvalue weighted by Gasteiger charge is -2.33. The Bertz CT molecular complexity index is 1560. The van der Waals surface area contributed by atoms with E-state index >= 15 is 0 Å². The summed E-state index contributed by atoms with van der Waals surface area (Å²) in [7, 11) is 0. The number of esters is 1. The molecule has 2 aromatic heterocycles. The number of hydrogen-bond acceptors (Lipinski definition) is 8. The number of halogens is 3. The van der Waals surface area contributed by atoms with E-state index in [1.165, 1.54) is 30.6 Å². The highest BCUT2D eigenvalue weighted by Gasteiger charge is 2.51. The van der Waals surface area contributed by atoms with Crippen molar-refractivity contribution in [2.75, 3.05) is 4.90 Å². The summed E-state index contributed by atoms with van der Waals surface area (Å²) >= 11 is 5.81. The van der Waals surface area contributed by atoms with Crippen LogP contribution in [0.5, 0.6) is 5.75 Å². The van der Waals surface area contributed by atoms with Crippen molar-refractivity contribution in [1.29, 1.82) is 0 Å². The van der Waals surface area contributed by atoms with Gasteiger partial charge < -0.3 is 15.2 Å². The zero-order valence-electron chi connectivity index (χ0n) is 20.4. The number of amides is 2. The van der Waals surface area contributed by atoms with Gasteiger partial charge in [0.1, 0.15) is 11.9 Å². The molecule has 0 bridgehead atoms. The third-order valence-electron chi connectivity index (χ3n) is 6.84. The molecule has 0 spiro atoms. The zero-order chi connectivity index (χ0) is 27.6. The van der Waals surface area contributed by atoms with Gasteiger partial charge in [0.15, 0.2) is 5.75 Å². The molecule has 10 nitrogen and oxygen atoms in total. The van der Waals surface area contributed by atoms with Gasteiger partial charge in [-0.25, -0.2) is 14.8 Å². The van der Waals surface area contributed by atoms with Gasteiger partial charge in [0.25, 0.3) is 5.91 Å². The molecule has 3 aliphatic rings. The summed E-state index contributed by atoms with van der Waals surface area (Å²) in [5, 5.41) is 0.242. The third-order valence-corrected chi connectivity index (χ3v) is 7.04. The Kier molecular flexibility index (Phi) is 5.75. The Morgan fingerprint density at radius 3 is 2.59 bits per heavy atom. The lowest BCUT2D eigenvalue weighted by molar-refractivity contribution is -0.193. The van der Waals surface area contributed by atoms with Crippen molar-refractivity contribution in [2.24, 2.45) is 11.7 Å². The molecule has 1 fully saturated rings. The Balaban J connectivity index is 1.51. The van der Waals surface area contributed by atoms with Gasteiger partial charge in [0, 0.05) is 18.0 Å². The summed E-state index contributed by atoms with van der Waals surface area (Å²) in [5.74, 6) is -3.08. The Morgan fingerprint density at radius 2 is 1.92 bits per heavy atom. The number of nitrogens with zero attached hydrogens (tertiary/aromatic N) is 4. The van der Waals surface area contributed by atoms with E-state index in [2.05, 4.69) is 15.0 Å². The van der Waals surface area contributed by atoms with Crippen molar-refractivity contribution in [2.45, 2.75) is 44.9 Å². The van der Waals surface area contributed by atoms with Crippen molar-refractivity contribution < 1.29 is 32.6 Å². The molecule has 1 aliphatic carbocycles. The van der Waals surface area contributed by atoms with E-state index in [1.54, 1.807) is 6.92 Å². The fourth-order valence-corrected chi connectivity index (χ4v) is 4.97. The van der Waals surface area contributed by atoms with Gasteiger partial charge in [-0.1, -0.05) is 17.7 Å². The average molecular weight is 556 g/mol. The van der Waals surface area contributed by atoms with Gasteiger partial charge in [-0.3, -0.25) is 19.5 Å². The number of aromatic nitrogens is 3. The van der Waals surface area contributed by atoms with Gasteiger partial charge in [0.05, 0.1) is 39.8 Å². The molecule has 39 heavy (non-hydrogen) atoms. The number of carbonyl (C=O) groups excluding carboxylic acids is 3. The average Bonchev–Trinajstić information content (AvgIpc) is 3.65. The van der Waals surface area contributed by atoms with Crippen LogP contribution in [0.1, 0.15) is 63.8 Å². The summed E-state index contributed by atoms with van der Waals surface area (Å²) in [6.07, 6.45) is 0.118. The van der Waals surface area contributed by atoms with Crippen LogP contribution in [-0.4, -0.2) is 38.8 Å². The molecule has 6 rings (SSSR count). The topological polar surface area (TPSA) is 138 Å². The van der Waals surface area contributed by atoms with E-state index < -0.39 is 30.0 Å². The zero-order valence-corrected chi connectivity index (χ0v) is 21.2. The number of carbonyl (C=O) groups is 3. The summed E-state index contributed by atoms with van der Waals surface area (Å²) < 4.78 is 39.7. The highest BCUT2D eigenvalue weighted by Crippen LogP contribution is 2.46. The van der Waals surface area contributed by atoms with Crippen molar-refractivity contribution in [3.05, 3.63) is 64.0 Å². The Morgan fingerprint density at radius 1 is 1.21 bits per heavy atom. The molecule has 200 valence electrons. The first kappa shape index (κ1) is 25.1. The van der Waals surface area contributed by atoms with Crippen LogP contribution in [0, 0.1) is 5.92 Å². The molecular weight excluding hydrogens is 536 g/mol. The maximum absolute atomic E-state index is 14.7. The maximum Gasteiger partial charge on any atom is 0.482 e. The number of primary amides is 1. The van der Waals surface area contributed by atoms with Crippen molar-refractivity contribution in [3.8, 4) is 16.9 Å². The fourth-order valence-electron chi connectivity index (χ4n) is 4.87. The molecular formula is C26H20ClF2N5O5. The van der Waals surface area contributed by atoms with Crippen LogP contribution in [0.3, 0.4) is 0 Å². The van der Waals surface area contributed by atoms with Crippen LogP contribution in [0.4, 0.5) is 14.5 Å². The van der Waals surface area contributed by atoms with Crippen molar-refractivity contribution >= 4 is 35.1 Å². The van der Waals surface area contributed by atoms with Crippen LogP contribution in [0.15, 0.2) is 30.6 Å². The van der Waals surface area contributed by atoms with Crippen LogP contribution in [-0.2, 0) is 22.5 Å². The smallest absolute Gasteiger partial charge is 0.452 e. The van der Waals surface area contributed by atoms with E-state index in [0.29, 0.717) is 23.7 Å². The molecule has 13 heteroatoms. The molecule has 3 aromatic rings. The lowest BCUT2D eigenvalue weighted by Crippen LogP contribution is -2.50. The molecule has 1 atom stereocenters. The van der Waals surface area contributed by atoms with Gasteiger partial charge in [0.2, 0.25) is 0 Å². The number of hydrogen-bond donors (Lipinski definition) is 1. The second-order valence-electron chi connectivity index (χ2n) is 9.64. The maximum atomic E-state index is 14.7. The monoisotopic (exact) mass is 555 g/mol. The number of fused-ring (bicyclic) bond motifs is 2. The summed E-state index contributed by atoms with van der Waals surface area (Å²) in [6, 6.07) is 4.12. The minimum Gasteiger partial charge on any atom is -0.452 e.